The number of sulfone groups is 1. The van der Waals surface area contributed by atoms with Gasteiger partial charge in [0.1, 0.15) is 0 Å². The second kappa shape index (κ2) is 5.02. The minimum Gasteiger partial charge on any atom is -0.328 e. The minimum absolute atomic E-state index is 0.271. The average Bonchev–Trinajstić information content (AvgIpc) is 2.13. The Morgan fingerprint density at radius 2 is 2.00 bits per heavy atom. The fraction of sp³-hybridized carbons (Fsp3) is 1.00. The van der Waals surface area contributed by atoms with E-state index in [4.69, 9.17) is 5.73 Å². The molecule has 1 aliphatic carbocycles. The molecule has 4 nitrogen and oxygen atoms in total. The summed E-state index contributed by atoms with van der Waals surface area (Å²) in [4.78, 5) is 0. The topological polar surface area (TPSA) is 72.2 Å². The van der Waals surface area contributed by atoms with Crippen LogP contribution in [0.1, 0.15) is 39.5 Å². The molecule has 5 heteroatoms. The lowest BCUT2D eigenvalue weighted by Crippen LogP contribution is -2.47. The van der Waals surface area contributed by atoms with Crippen molar-refractivity contribution in [2.24, 2.45) is 5.73 Å². The zero-order chi connectivity index (χ0) is 12.4. The van der Waals surface area contributed by atoms with Crippen LogP contribution in [-0.4, -0.2) is 38.0 Å². The van der Waals surface area contributed by atoms with Gasteiger partial charge >= 0.3 is 0 Å². The van der Waals surface area contributed by atoms with E-state index in [9.17, 15) is 8.42 Å². The van der Waals surface area contributed by atoms with Crippen molar-refractivity contribution in [1.82, 2.24) is 5.32 Å². The van der Waals surface area contributed by atoms with Crippen molar-refractivity contribution < 1.29 is 8.42 Å². The van der Waals surface area contributed by atoms with E-state index in [-0.39, 0.29) is 6.04 Å². The van der Waals surface area contributed by atoms with Crippen LogP contribution in [0.2, 0.25) is 0 Å². The van der Waals surface area contributed by atoms with Crippen molar-refractivity contribution in [3.8, 4) is 0 Å². The van der Waals surface area contributed by atoms with E-state index >= 15 is 0 Å². The predicted molar refractivity (Wildman–Crippen MR) is 67.2 cm³/mol. The summed E-state index contributed by atoms with van der Waals surface area (Å²) >= 11 is 0. The Balaban J connectivity index is 2.45. The van der Waals surface area contributed by atoms with Gasteiger partial charge < -0.3 is 11.1 Å². The largest absolute Gasteiger partial charge is 0.328 e. The van der Waals surface area contributed by atoms with Crippen LogP contribution in [0.25, 0.3) is 0 Å². The molecule has 1 rings (SSSR count). The van der Waals surface area contributed by atoms with Gasteiger partial charge in [0.25, 0.3) is 0 Å². The smallest absolute Gasteiger partial charge is 0.153 e. The van der Waals surface area contributed by atoms with E-state index in [1.54, 1.807) is 13.8 Å². The third kappa shape index (κ3) is 3.71. The number of nitrogens with one attached hydrogen (secondary N) is 1. The van der Waals surface area contributed by atoms with Crippen molar-refractivity contribution in [3.05, 3.63) is 0 Å². The molecule has 0 bridgehead atoms. The van der Waals surface area contributed by atoms with Crippen LogP contribution >= 0.6 is 0 Å². The monoisotopic (exact) mass is 248 g/mol. The lowest BCUT2D eigenvalue weighted by atomic mass is 9.91. The summed E-state index contributed by atoms with van der Waals surface area (Å²) in [5, 5.41) is 3.34. The molecule has 16 heavy (non-hydrogen) atoms. The molecule has 0 saturated heterocycles. The summed E-state index contributed by atoms with van der Waals surface area (Å²) in [6.45, 7) is 4.03. The van der Waals surface area contributed by atoms with Crippen molar-refractivity contribution in [3.63, 3.8) is 0 Å². The normalized spacial score (nSPS) is 28.0. The quantitative estimate of drug-likeness (QED) is 0.767. The minimum atomic E-state index is -3.01. The van der Waals surface area contributed by atoms with Crippen LogP contribution in [0, 0.1) is 0 Å². The Bertz CT molecular complexity index is 325. The van der Waals surface area contributed by atoms with Crippen LogP contribution in [0.5, 0.6) is 0 Å². The Hall–Kier alpha value is -0.130. The van der Waals surface area contributed by atoms with E-state index in [1.807, 2.05) is 0 Å². The molecule has 0 aromatic rings. The first-order chi connectivity index (χ1) is 7.22. The van der Waals surface area contributed by atoms with Crippen molar-refractivity contribution in [2.75, 3.05) is 12.8 Å². The van der Waals surface area contributed by atoms with Crippen LogP contribution < -0.4 is 11.1 Å². The van der Waals surface area contributed by atoms with Crippen LogP contribution in [-0.2, 0) is 9.84 Å². The van der Waals surface area contributed by atoms with E-state index in [0.29, 0.717) is 12.6 Å². The van der Waals surface area contributed by atoms with Gasteiger partial charge in [-0.05, 0) is 33.1 Å². The van der Waals surface area contributed by atoms with Gasteiger partial charge in [-0.2, -0.15) is 0 Å². The highest BCUT2D eigenvalue weighted by Crippen LogP contribution is 2.19. The van der Waals surface area contributed by atoms with Crippen molar-refractivity contribution in [2.45, 2.75) is 56.4 Å². The molecule has 2 atom stereocenters. The molecule has 96 valence electrons. The zero-order valence-corrected chi connectivity index (χ0v) is 11.3. The molecule has 0 aliphatic heterocycles. The maximum absolute atomic E-state index is 11.5. The SMILES string of the molecule is CC(C)(CNC1CCCC(N)C1)S(C)(=O)=O. The molecule has 0 heterocycles. The maximum Gasteiger partial charge on any atom is 0.153 e. The molecular formula is C11H24N2O2S. The molecule has 1 saturated carbocycles. The Kier molecular flexibility index (Phi) is 4.37. The Labute approximate surface area is 98.9 Å². The molecule has 0 amide bonds. The average molecular weight is 248 g/mol. The lowest BCUT2D eigenvalue weighted by Gasteiger charge is -2.31. The first-order valence-electron chi connectivity index (χ1n) is 5.91. The van der Waals surface area contributed by atoms with Crippen molar-refractivity contribution >= 4 is 9.84 Å². The first kappa shape index (κ1) is 13.9. The highest BCUT2D eigenvalue weighted by atomic mass is 32.2. The maximum atomic E-state index is 11.5. The van der Waals surface area contributed by atoms with Gasteiger partial charge in [0.15, 0.2) is 9.84 Å². The summed E-state index contributed by atoms with van der Waals surface area (Å²) in [5.74, 6) is 0. The van der Waals surface area contributed by atoms with E-state index in [2.05, 4.69) is 5.32 Å². The summed E-state index contributed by atoms with van der Waals surface area (Å²) in [6.07, 6.45) is 5.58. The number of nitrogens with two attached hydrogens (primary N) is 1. The van der Waals surface area contributed by atoms with Crippen LogP contribution in [0.15, 0.2) is 0 Å². The number of rotatable bonds is 4. The van der Waals surface area contributed by atoms with Gasteiger partial charge in [0.05, 0.1) is 4.75 Å². The second-order valence-electron chi connectivity index (χ2n) is 5.54. The summed E-state index contributed by atoms with van der Waals surface area (Å²) in [5.41, 5.74) is 5.89. The molecule has 2 unspecified atom stereocenters. The third-order valence-corrected chi connectivity index (χ3v) is 5.69. The Morgan fingerprint density at radius 1 is 1.38 bits per heavy atom. The van der Waals surface area contributed by atoms with Crippen LogP contribution in [0.3, 0.4) is 0 Å². The summed E-state index contributed by atoms with van der Waals surface area (Å²) in [7, 11) is -3.01. The second-order valence-corrected chi connectivity index (χ2v) is 8.19. The predicted octanol–water partition coefficient (Wildman–Crippen LogP) is 0.669. The standard InChI is InChI=1S/C11H24N2O2S/c1-11(2,16(3,14)15)8-13-10-6-4-5-9(12)7-10/h9-10,13H,4-8,12H2,1-3H3. The van der Waals surface area contributed by atoms with Crippen molar-refractivity contribution in [1.29, 1.82) is 0 Å². The molecule has 0 radical (unpaired) electrons. The first-order valence-corrected chi connectivity index (χ1v) is 7.80. The van der Waals surface area contributed by atoms with Gasteiger partial charge in [-0.3, -0.25) is 0 Å². The lowest BCUT2D eigenvalue weighted by molar-refractivity contribution is 0.331. The molecular weight excluding hydrogens is 224 g/mol. The van der Waals surface area contributed by atoms with Gasteiger partial charge in [-0.15, -0.1) is 0 Å². The molecule has 0 aromatic carbocycles. The Morgan fingerprint density at radius 3 is 2.50 bits per heavy atom. The van der Waals surface area contributed by atoms with E-state index in [0.717, 1.165) is 25.7 Å². The fourth-order valence-electron chi connectivity index (χ4n) is 1.93. The zero-order valence-electron chi connectivity index (χ0n) is 10.5. The van der Waals surface area contributed by atoms with Crippen LogP contribution in [0.4, 0.5) is 0 Å². The van der Waals surface area contributed by atoms with Gasteiger partial charge in [0.2, 0.25) is 0 Å². The molecule has 1 aliphatic rings. The van der Waals surface area contributed by atoms with Gasteiger partial charge in [-0.25, -0.2) is 8.42 Å². The number of hydrogen-bond acceptors (Lipinski definition) is 4. The molecule has 1 fully saturated rings. The highest BCUT2D eigenvalue weighted by Gasteiger charge is 2.31. The molecule has 3 N–H and O–H groups in total. The van der Waals surface area contributed by atoms with Gasteiger partial charge in [-0.1, -0.05) is 6.42 Å². The number of hydrogen-bond donors (Lipinski definition) is 2. The van der Waals surface area contributed by atoms with E-state index < -0.39 is 14.6 Å². The summed E-state index contributed by atoms with van der Waals surface area (Å²) in [6, 6.07) is 0.650. The van der Waals surface area contributed by atoms with Gasteiger partial charge in [0, 0.05) is 24.9 Å². The third-order valence-electron chi connectivity index (χ3n) is 3.53. The molecule has 0 aromatic heterocycles. The van der Waals surface area contributed by atoms with E-state index in [1.165, 1.54) is 6.26 Å². The molecule has 0 spiro atoms. The summed E-state index contributed by atoms with van der Waals surface area (Å²) < 4.78 is 22.4. The highest BCUT2D eigenvalue weighted by molar-refractivity contribution is 7.92. The fourth-order valence-corrected chi connectivity index (χ4v) is 2.28.